The summed E-state index contributed by atoms with van der Waals surface area (Å²) in [5, 5.41) is 0. The number of hydrogen-bond acceptors (Lipinski definition) is 2. The van der Waals surface area contributed by atoms with Gasteiger partial charge in [0, 0.05) is 18.4 Å². The lowest BCUT2D eigenvalue weighted by Gasteiger charge is -2.31. The van der Waals surface area contributed by atoms with Gasteiger partial charge in [0.05, 0.1) is 0 Å². The highest BCUT2D eigenvalue weighted by Crippen LogP contribution is 2.50. The largest absolute Gasteiger partial charge is 0.448 e. The second kappa shape index (κ2) is 4.73. The summed E-state index contributed by atoms with van der Waals surface area (Å²) in [6.45, 7) is 6.60. The van der Waals surface area contributed by atoms with E-state index in [2.05, 4.69) is 32.9 Å². The van der Waals surface area contributed by atoms with E-state index in [-0.39, 0.29) is 5.79 Å². The van der Waals surface area contributed by atoms with Crippen molar-refractivity contribution in [3.63, 3.8) is 0 Å². The third-order valence-electron chi connectivity index (χ3n) is 4.67. The highest BCUT2D eigenvalue weighted by molar-refractivity contribution is 5.55. The summed E-state index contributed by atoms with van der Waals surface area (Å²) in [6, 6.07) is 4.39. The molecular formula is C17H24O2. The normalized spacial score (nSPS) is 21.6. The molecule has 19 heavy (non-hydrogen) atoms. The fourth-order valence-corrected chi connectivity index (χ4v) is 3.20. The summed E-state index contributed by atoms with van der Waals surface area (Å²) in [5.41, 5.74) is 2.51. The third-order valence-corrected chi connectivity index (χ3v) is 4.67. The molecule has 1 aromatic rings. The molecule has 0 radical (unpaired) electrons. The first kappa shape index (κ1) is 12.8. The predicted octanol–water partition coefficient (Wildman–Crippen LogP) is 4.94. The molecule has 1 saturated carbocycles. The molecule has 1 spiro atoms. The standard InChI is InChI=1S/C17H24O2/c1-4-12(2)14-9-8-13(3)15-16(14)19-17(18-15)10-6-5-7-11-17/h8-9,12H,4-7,10-11H2,1-3H3. The van der Waals surface area contributed by atoms with Gasteiger partial charge in [-0.05, 0) is 37.7 Å². The van der Waals surface area contributed by atoms with E-state index in [1.54, 1.807) is 0 Å². The van der Waals surface area contributed by atoms with E-state index in [0.29, 0.717) is 5.92 Å². The first-order valence-corrected chi connectivity index (χ1v) is 7.67. The number of hydrogen-bond donors (Lipinski definition) is 0. The Bertz CT molecular complexity index is 472. The SMILES string of the molecule is CCC(C)c1ccc(C)c2c1OC1(CCCCC1)O2. The predicted molar refractivity (Wildman–Crippen MR) is 77.0 cm³/mol. The van der Waals surface area contributed by atoms with Crippen molar-refractivity contribution in [2.24, 2.45) is 0 Å². The molecule has 2 aliphatic rings. The van der Waals surface area contributed by atoms with Gasteiger partial charge in [0.25, 0.3) is 5.79 Å². The third kappa shape index (κ3) is 2.11. The number of aryl methyl sites for hydroxylation is 1. The molecular weight excluding hydrogens is 236 g/mol. The van der Waals surface area contributed by atoms with Crippen molar-refractivity contribution in [2.45, 2.75) is 71.0 Å². The van der Waals surface area contributed by atoms with E-state index < -0.39 is 0 Å². The van der Waals surface area contributed by atoms with Gasteiger partial charge < -0.3 is 9.47 Å². The number of rotatable bonds is 2. The van der Waals surface area contributed by atoms with Gasteiger partial charge in [-0.15, -0.1) is 0 Å². The van der Waals surface area contributed by atoms with Gasteiger partial charge in [0.2, 0.25) is 0 Å². The lowest BCUT2D eigenvalue weighted by molar-refractivity contribution is -0.105. The summed E-state index contributed by atoms with van der Waals surface area (Å²) in [6.07, 6.45) is 6.92. The molecule has 1 atom stereocenters. The lowest BCUT2D eigenvalue weighted by atomic mass is 9.94. The van der Waals surface area contributed by atoms with Gasteiger partial charge in [-0.3, -0.25) is 0 Å². The van der Waals surface area contributed by atoms with E-state index in [1.807, 2.05) is 0 Å². The first-order valence-electron chi connectivity index (χ1n) is 7.67. The maximum Gasteiger partial charge on any atom is 0.251 e. The van der Waals surface area contributed by atoms with E-state index in [9.17, 15) is 0 Å². The molecule has 1 fully saturated rings. The molecule has 1 aromatic carbocycles. The monoisotopic (exact) mass is 260 g/mol. The minimum atomic E-state index is -0.352. The van der Waals surface area contributed by atoms with Crippen LogP contribution in [0.5, 0.6) is 11.5 Å². The Labute approximate surface area is 116 Å². The van der Waals surface area contributed by atoms with Crippen molar-refractivity contribution >= 4 is 0 Å². The van der Waals surface area contributed by atoms with E-state index in [0.717, 1.165) is 30.8 Å². The Morgan fingerprint density at radius 2 is 1.79 bits per heavy atom. The summed E-state index contributed by atoms with van der Waals surface area (Å²) in [7, 11) is 0. The van der Waals surface area contributed by atoms with Crippen LogP contribution in [0.1, 0.15) is 69.4 Å². The first-order chi connectivity index (χ1) is 9.15. The van der Waals surface area contributed by atoms with Crippen molar-refractivity contribution in [1.29, 1.82) is 0 Å². The molecule has 0 saturated heterocycles. The van der Waals surface area contributed by atoms with Crippen molar-refractivity contribution in [1.82, 2.24) is 0 Å². The van der Waals surface area contributed by atoms with Crippen LogP contribution in [0.4, 0.5) is 0 Å². The zero-order chi connectivity index (χ0) is 13.5. The molecule has 0 N–H and O–H groups in total. The van der Waals surface area contributed by atoms with Crippen LogP contribution in [0.2, 0.25) is 0 Å². The molecule has 0 amide bonds. The number of ether oxygens (including phenoxy) is 2. The summed E-state index contributed by atoms with van der Waals surface area (Å²) < 4.78 is 12.6. The van der Waals surface area contributed by atoms with Gasteiger partial charge in [-0.1, -0.05) is 32.4 Å². The molecule has 3 rings (SSSR count). The second-order valence-corrected chi connectivity index (χ2v) is 6.11. The Balaban J connectivity index is 1.98. The molecule has 1 aliphatic carbocycles. The number of benzene rings is 1. The minimum absolute atomic E-state index is 0.352. The zero-order valence-electron chi connectivity index (χ0n) is 12.3. The quantitative estimate of drug-likeness (QED) is 0.749. The van der Waals surface area contributed by atoms with Crippen LogP contribution in [-0.2, 0) is 0 Å². The fourth-order valence-electron chi connectivity index (χ4n) is 3.20. The summed E-state index contributed by atoms with van der Waals surface area (Å²) >= 11 is 0. The van der Waals surface area contributed by atoms with E-state index in [4.69, 9.17) is 9.47 Å². The topological polar surface area (TPSA) is 18.5 Å². The van der Waals surface area contributed by atoms with Gasteiger partial charge in [0.1, 0.15) is 0 Å². The Kier molecular flexibility index (Phi) is 3.20. The molecule has 1 unspecified atom stereocenters. The maximum absolute atomic E-state index is 6.35. The Morgan fingerprint density at radius 1 is 1.11 bits per heavy atom. The highest BCUT2D eigenvalue weighted by atomic mass is 16.7. The molecule has 0 bridgehead atoms. The van der Waals surface area contributed by atoms with E-state index >= 15 is 0 Å². The van der Waals surface area contributed by atoms with Gasteiger partial charge in [0.15, 0.2) is 11.5 Å². The van der Waals surface area contributed by atoms with Crippen molar-refractivity contribution in [3.05, 3.63) is 23.3 Å². The van der Waals surface area contributed by atoms with Crippen LogP contribution in [0.3, 0.4) is 0 Å². The Hall–Kier alpha value is -1.18. The average Bonchev–Trinajstić information content (AvgIpc) is 2.79. The molecule has 104 valence electrons. The van der Waals surface area contributed by atoms with Crippen LogP contribution >= 0.6 is 0 Å². The van der Waals surface area contributed by atoms with Crippen molar-refractivity contribution in [2.75, 3.05) is 0 Å². The fraction of sp³-hybridized carbons (Fsp3) is 0.647. The molecule has 2 heteroatoms. The summed E-state index contributed by atoms with van der Waals surface area (Å²) in [5.74, 6) is 2.20. The average molecular weight is 260 g/mol. The molecule has 1 aliphatic heterocycles. The second-order valence-electron chi connectivity index (χ2n) is 6.11. The highest BCUT2D eigenvalue weighted by Gasteiger charge is 2.44. The molecule has 2 nitrogen and oxygen atoms in total. The Morgan fingerprint density at radius 3 is 2.47 bits per heavy atom. The van der Waals surface area contributed by atoms with Crippen LogP contribution in [-0.4, -0.2) is 5.79 Å². The van der Waals surface area contributed by atoms with Crippen LogP contribution in [0.25, 0.3) is 0 Å². The molecule has 0 aromatic heterocycles. The summed E-state index contributed by atoms with van der Waals surface area (Å²) in [4.78, 5) is 0. The zero-order valence-corrected chi connectivity index (χ0v) is 12.3. The van der Waals surface area contributed by atoms with Gasteiger partial charge in [-0.2, -0.15) is 0 Å². The lowest BCUT2D eigenvalue weighted by Crippen LogP contribution is -2.40. The van der Waals surface area contributed by atoms with Crippen molar-refractivity contribution < 1.29 is 9.47 Å². The number of fused-ring (bicyclic) bond motifs is 1. The maximum atomic E-state index is 6.35. The van der Waals surface area contributed by atoms with Gasteiger partial charge in [-0.25, -0.2) is 0 Å². The minimum Gasteiger partial charge on any atom is -0.448 e. The van der Waals surface area contributed by atoms with Gasteiger partial charge >= 0.3 is 0 Å². The smallest absolute Gasteiger partial charge is 0.251 e. The van der Waals surface area contributed by atoms with Crippen LogP contribution in [0.15, 0.2) is 12.1 Å². The van der Waals surface area contributed by atoms with Crippen LogP contribution < -0.4 is 9.47 Å². The van der Waals surface area contributed by atoms with E-state index in [1.165, 1.54) is 30.4 Å². The van der Waals surface area contributed by atoms with Crippen molar-refractivity contribution in [3.8, 4) is 11.5 Å². The van der Waals surface area contributed by atoms with Crippen LogP contribution in [0, 0.1) is 6.92 Å². The molecule has 1 heterocycles.